The molecule has 0 radical (unpaired) electrons. The van der Waals surface area contributed by atoms with E-state index in [1.165, 1.54) is 11.4 Å². The highest BCUT2D eigenvalue weighted by atomic mass is 32.2. The molecule has 7 nitrogen and oxygen atoms in total. The number of hydrogen-bond acceptors (Lipinski definition) is 6. The van der Waals surface area contributed by atoms with E-state index in [0.717, 1.165) is 12.0 Å². The van der Waals surface area contributed by atoms with E-state index in [9.17, 15) is 8.42 Å². The fourth-order valence-corrected chi connectivity index (χ4v) is 5.62. The van der Waals surface area contributed by atoms with Gasteiger partial charge in [0.2, 0.25) is 10.0 Å². The molecule has 0 amide bonds. The molecule has 1 aliphatic heterocycles. The highest BCUT2D eigenvalue weighted by molar-refractivity contribution is 7.89. The molecule has 3 aromatic rings. The molecule has 8 heteroatoms. The Kier molecular flexibility index (Phi) is 5.69. The smallest absolute Gasteiger partial charge is 0.247 e. The molecule has 30 heavy (non-hydrogen) atoms. The van der Waals surface area contributed by atoms with Gasteiger partial charge in [0, 0.05) is 12.7 Å². The normalized spacial score (nSPS) is 17.1. The Hall–Kier alpha value is -2.97. The number of sulfonamides is 1. The van der Waals surface area contributed by atoms with Crippen molar-refractivity contribution < 1.29 is 13.2 Å². The molecule has 156 valence electrons. The minimum Gasteiger partial charge on any atom is -0.495 e. The minimum atomic E-state index is -3.74. The van der Waals surface area contributed by atoms with Gasteiger partial charge in [-0.15, -0.1) is 0 Å². The van der Waals surface area contributed by atoms with Crippen LogP contribution in [-0.4, -0.2) is 36.3 Å². The van der Waals surface area contributed by atoms with Crippen LogP contribution in [-0.2, 0) is 10.0 Å². The van der Waals surface area contributed by atoms with E-state index in [4.69, 9.17) is 4.74 Å². The van der Waals surface area contributed by atoms with Crippen molar-refractivity contribution in [3.05, 3.63) is 72.1 Å². The summed E-state index contributed by atoms with van der Waals surface area (Å²) in [5.74, 6) is 1.66. The summed E-state index contributed by atoms with van der Waals surface area (Å²) in [6.07, 6.45) is 3.19. The molecule has 1 aromatic carbocycles. The first-order chi connectivity index (χ1) is 14.5. The van der Waals surface area contributed by atoms with Crippen LogP contribution in [0, 0.1) is 6.92 Å². The van der Waals surface area contributed by atoms with E-state index >= 15 is 0 Å². The number of methoxy groups -OCH3 is 1. The second-order valence-electron chi connectivity index (χ2n) is 7.22. The number of hydrogen-bond donors (Lipinski definition) is 1. The molecule has 0 aliphatic carbocycles. The van der Waals surface area contributed by atoms with Gasteiger partial charge >= 0.3 is 0 Å². The lowest BCUT2D eigenvalue weighted by molar-refractivity contribution is 0.377. The van der Waals surface area contributed by atoms with Crippen LogP contribution in [0.1, 0.15) is 30.1 Å². The van der Waals surface area contributed by atoms with Gasteiger partial charge in [-0.2, -0.15) is 4.31 Å². The van der Waals surface area contributed by atoms with E-state index in [0.29, 0.717) is 36.0 Å². The van der Waals surface area contributed by atoms with E-state index in [2.05, 4.69) is 15.3 Å². The zero-order valence-corrected chi connectivity index (χ0v) is 17.8. The Morgan fingerprint density at radius 1 is 1.10 bits per heavy atom. The van der Waals surface area contributed by atoms with E-state index in [-0.39, 0.29) is 10.9 Å². The van der Waals surface area contributed by atoms with E-state index in [1.807, 2.05) is 49.4 Å². The average Bonchev–Trinajstić information content (AvgIpc) is 3.26. The Balaban J connectivity index is 1.66. The van der Waals surface area contributed by atoms with Gasteiger partial charge in [-0.1, -0.05) is 18.2 Å². The van der Waals surface area contributed by atoms with Crippen molar-refractivity contribution in [3.8, 4) is 5.75 Å². The highest BCUT2D eigenvalue weighted by Gasteiger charge is 2.38. The third-order valence-electron chi connectivity index (χ3n) is 5.14. The topological polar surface area (TPSA) is 84.4 Å². The lowest BCUT2D eigenvalue weighted by Crippen LogP contribution is -2.31. The van der Waals surface area contributed by atoms with Crippen molar-refractivity contribution in [2.75, 3.05) is 19.0 Å². The van der Waals surface area contributed by atoms with Crippen LogP contribution in [0.3, 0.4) is 0 Å². The molecule has 0 bridgehead atoms. The molecule has 1 unspecified atom stereocenters. The third kappa shape index (κ3) is 4.01. The highest BCUT2D eigenvalue weighted by Crippen LogP contribution is 2.38. The largest absolute Gasteiger partial charge is 0.495 e. The fourth-order valence-electron chi connectivity index (χ4n) is 3.71. The summed E-state index contributed by atoms with van der Waals surface area (Å²) >= 11 is 0. The standard InChI is InChI=1S/C22H24N4O3S/c1-16-11-12-19(29-2)20(15-16)30(27,28)26-14-6-8-18(26)17-7-5-10-22(24-17)25-21-9-3-4-13-23-21/h3-5,7,9-13,15,18H,6,8,14H2,1-2H3,(H,23,24,25). The summed E-state index contributed by atoms with van der Waals surface area (Å²) in [5.41, 5.74) is 1.58. The molecular weight excluding hydrogens is 400 g/mol. The fraction of sp³-hybridized carbons (Fsp3) is 0.273. The molecular formula is C22H24N4O3S. The maximum Gasteiger partial charge on any atom is 0.247 e. The molecule has 1 aliphatic rings. The molecule has 0 saturated carbocycles. The number of nitrogens with zero attached hydrogens (tertiary/aromatic N) is 3. The number of pyridine rings is 2. The Morgan fingerprint density at radius 2 is 1.93 bits per heavy atom. The van der Waals surface area contributed by atoms with Crippen LogP contribution < -0.4 is 10.1 Å². The van der Waals surface area contributed by atoms with Gasteiger partial charge in [-0.05, 0) is 61.7 Å². The first kappa shape index (κ1) is 20.3. The van der Waals surface area contributed by atoms with Crippen molar-refractivity contribution in [3.63, 3.8) is 0 Å². The van der Waals surface area contributed by atoms with Crippen LogP contribution in [0.2, 0.25) is 0 Å². The number of rotatable bonds is 6. The Labute approximate surface area is 176 Å². The molecule has 4 rings (SSSR count). The summed E-state index contributed by atoms with van der Waals surface area (Å²) < 4.78 is 33.9. The zero-order valence-electron chi connectivity index (χ0n) is 16.9. The number of aryl methyl sites for hydroxylation is 1. The van der Waals surface area contributed by atoms with Gasteiger partial charge < -0.3 is 10.1 Å². The third-order valence-corrected chi connectivity index (χ3v) is 7.07. The van der Waals surface area contributed by atoms with Gasteiger partial charge in [-0.3, -0.25) is 0 Å². The number of aromatic nitrogens is 2. The van der Waals surface area contributed by atoms with Crippen molar-refractivity contribution in [1.29, 1.82) is 0 Å². The average molecular weight is 425 g/mol. The SMILES string of the molecule is COc1ccc(C)cc1S(=O)(=O)N1CCCC1c1cccc(Nc2ccccn2)n1. The van der Waals surface area contributed by atoms with Crippen LogP contribution in [0.5, 0.6) is 5.75 Å². The van der Waals surface area contributed by atoms with Crippen LogP contribution in [0.25, 0.3) is 0 Å². The van der Waals surface area contributed by atoms with E-state index < -0.39 is 10.0 Å². The van der Waals surface area contributed by atoms with Gasteiger partial charge in [0.1, 0.15) is 22.3 Å². The van der Waals surface area contributed by atoms with Gasteiger partial charge in [-0.25, -0.2) is 18.4 Å². The Bertz CT molecular complexity index is 1140. The number of ether oxygens (including phenoxy) is 1. The lowest BCUT2D eigenvalue weighted by Gasteiger charge is -2.25. The summed E-state index contributed by atoms with van der Waals surface area (Å²) in [5, 5.41) is 3.17. The van der Waals surface area contributed by atoms with E-state index in [1.54, 1.807) is 18.3 Å². The first-order valence-electron chi connectivity index (χ1n) is 9.80. The lowest BCUT2D eigenvalue weighted by atomic mass is 10.1. The van der Waals surface area contributed by atoms with Crippen molar-refractivity contribution in [1.82, 2.24) is 14.3 Å². The van der Waals surface area contributed by atoms with Crippen LogP contribution in [0.15, 0.2) is 65.7 Å². The quantitative estimate of drug-likeness (QED) is 0.642. The summed E-state index contributed by atoms with van der Waals surface area (Å²) in [7, 11) is -2.25. The summed E-state index contributed by atoms with van der Waals surface area (Å²) in [6, 6.07) is 16.0. The van der Waals surface area contributed by atoms with Crippen molar-refractivity contribution >= 4 is 21.7 Å². The molecule has 3 heterocycles. The second kappa shape index (κ2) is 8.41. The van der Waals surface area contributed by atoms with Crippen molar-refractivity contribution in [2.45, 2.75) is 30.7 Å². The first-order valence-corrected chi connectivity index (χ1v) is 11.2. The Morgan fingerprint density at radius 3 is 2.70 bits per heavy atom. The molecule has 1 N–H and O–H groups in total. The van der Waals surface area contributed by atoms with Gasteiger partial charge in [0.05, 0.1) is 18.8 Å². The number of nitrogens with one attached hydrogen (secondary N) is 1. The van der Waals surface area contributed by atoms with Crippen molar-refractivity contribution in [2.24, 2.45) is 0 Å². The summed E-state index contributed by atoms with van der Waals surface area (Å²) in [6.45, 7) is 2.32. The maximum absolute atomic E-state index is 13.5. The van der Waals surface area contributed by atoms with Crippen LogP contribution >= 0.6 is 0 Å². The number of benzene rings is 1. The second-order valence-corrected chi connectivity index (χ2v) is 9.07. The predicted octanol–water partition coefficient (Wildman–Crippen LogP) is 4.06. The molecule has 1 atom stereocenters. The molecule has 0 spiro atoms. The van der Waals surface area contributed by atoms with Gasteiger partial charge in [0.15, 0.2) is 0 Å². The molecule has 2 aromatic heterocycles. The predicted molar refractivity (Wildman–Crippen MR) is 115 cm³/mol. The summed E-state index contributed by atoms with van der Waals surface area (Å²) in [4.78, 5) is 9.12. The van der Waals surface area contributed by atoms with Crippen LogP contribution in [0.4, 0.5) is 11.6 Å². The molecule has 1 saturated heterocycles. The molecule has 1 fully saturated rings. The van der Waals surface area contributed by atoms with Gasteiger partial charge in [0.25, 0.3) is 0 Å². The zero-order chi connectivity index (χ0) is 21.1. The maximum atomic E-state index is 13.5. The monoisotopic (exact) mass is 424 g/mol. The number of anilines is 2. The minimum absolute atomic E-state index is 0.194.